The minimum absolute atomic E-state index is 0.0285. The van der Waals surface area contributed by atoms with Crippen molar-refractivity contribution in [1.82, 2.24) is 4.90 Å². The van der Waals surface area contributed by atoms with Crippen molar-refractivity contribution in [1.29, 1.82) is 0 Å². The van der Waals surface area contributed by atoms with Gasteiger partial charge in [0.05, 0.1) is 31.4 Å². The molecule has 0 spiro atoms. The molecule has 1 N–H and O–H groups in total. The fraction of sp³-hybridized carbons (Fsp3) is 0.450. The molecule has 1 amide bonds. The Kier molecular flexibility index (Phi) is 6.66. The summed E-state index contributed by atoms with van der Waals surface area (Å²) >= 11 is 1.62. The van der Waals surface area contributed by atoms with Crippen LogP contribution in [-0.2, 0) is 11.3 Å². The van der Waals surface area contributed by atoms with Crippen molar-refractivity contribution in [2.75, 3.05) is 37.8 Å². The summed E-state index contributed by atoms with van der Waals surface area (Å²) < 4.78 is 5.44. The minimum atomic E-state index is -0.194. The highest BCUT2D eigenvalue weighted by Gasteiger charge is 2.27. The summed E-state index contributed by atoms with van der Waals surface area (Å²) in [4.78, 5) is 17.5. The van der Waals surface area contributed by atoms with Gasteiger partial charge in [-0.2, -0.15) is 11.3 Å². The van der Waals surface area contributed by atoms with E-state index in [2.05, 4.69) is 10.3 Å². The zero-order valence-corrected chi connectivity index (χ0v) is 16.0. The summed E-state index contributed by atoms with van der Waals surface area (Å²) in [6, 6.07) is 9.59. The molecule has 6 heteroatoms. The number of aliphatic hydroxyl groups is 1. The lowest BCUT2D eigenvalue weighted by molar-refractivity contribution is 0.0564. The number of hydrogen-bond acceptors (Lipinski definition) is 5. The largest absolute Gasteiger partial charge is 0.394 e. The van der Waals surface area contributed by atoms with Crippen molar-refractivity contribution >= 4 is 22.9 Å². The monoisotopic (exact) mass is 374 g/mol. The van der Waals surface area contributed by atoms with E-state index >= 15 is 0 Å². The molecule has 5 nitrogen and oxygen atoms in total. The van der Waals surface area contributed by atoms with Crippen LogP contribution in [0.1, 0.15) is 29.3 Å². The van der Waals surface area contributed by atoms with Crippen molar-refractivity contribution in [3.05, 3.63) is 52.2 Å². The molecule has 1 atom stereocenters. The second-order valence-electron chi connectivity index (χ2n) is 6.43. The fourth-order valence-corrected chi connectivity index (χ4v) is 3.94. The van der Waals surface area contributed by atoms with Crippen LogP contribution in [0.15, 0.2) is 41.1 Å². The van der Waals surface area contributed by atoms with E-state index in [0.29, 0.717) is 31.7 Å². The van der Waals surface area contributed by atoms with Gasteiger partial charge in [0.25, 0.3) is 5.91 Å². The molecule has 140 valence electrons. The topological polar surface area (TPSA) is 53.0 Å². The second kappa shape index (κ2) is 9.16. The molecular formula is C20H26N2O3S. The highest BCUT2D eigenvalue weighted by atomic mass is 32.1. The molecule has 1 aromatic heterocycles. The van der Waals surface area contributed by atoms with Gasteiger partial charge in [0.2, 0.25) is 0 Å². The maximum atomic E-state index is 13.5. The van der Waals surface area contributed by atoms with E-state index in [-0.39, 0.29) is 18.6 Å². The molecule has 0 radical (unpaired) electrons. The summed E-state index contributed by atoms with van der Waals surface area (Å²) in [5.74, 6) is -0.0285. The van der Waals surface area contributed by atoms with Crippen LogP contribution in [0.5, 0.6) is 0 Å². The summed E-state index contributed by atoms with van der Waals surface area (Å²) in [6.07, 6.45) is 0.714. The van der Waals surface area contributed by atoms with E-state index in [1.54, 1.807) is 16.2 Å². The second-order valence-corrected chi connectivity index (χ2v) is 7.21. The number of rotatable bonds is 7. The van der Waals surface area contributed by atoms with Gasteiger partial charge in [0.15, 0.2) is 0 Å². The van der Waals surface area contributed by atoms with Crippen molar-refractivity contribution in [2.24, 2.45) is 0 Å². The van der Waals surface area contributed by atoms with Gasteiger partial charge in [0.1, 0.15) is 0 Å². The van der Waals surface area contributed by atoms with Crippen LogP contribution >= 0.6 is 11.3 Å². The van der Waals surface area contributed by atoms with Gasteiger partial charge in [0, 0.05) is 25.3 Å². The van der Waals surface area contributed by atoms with Crippen molar-refractivity contribution in [2.45, 2.75) is 25.9 Å². The molecule has 3 rings (SSSR count). The van der Waals surface area contributed by atoms with Gasteiger partial charge in [-0.1, -0.05) is 19.1 Å². The van der Waals surface area contributed by atoms with E-state index in [0.717, 1.165) is 24.3 Å². The van der Waals surface area contributed by atoms with E-state index in [9.17, 15) is 9.90 Å². The third-order valence-corrected chi connectivity index (χ3v) is 5.53. The first-order valence-corrected chi connectivity index (χ1v) is 10.0. The quantitative estimate of drug-likeness (QED) is 0.809. The van der Waals surface area contributed by atoms with Gasteiger partial charge in [-0.05, 0) is 40.9 Å². The number of hydrogen-bond donors (Lipinski definition) is 1. The van der Waals surface area contributed by atoms with Crippen LogP contribution in [-0.4, -0.2) is 54.9 Å². The Balaban J connectivity index is 1.90. The molecule has 2 heterocycles. The molecule has 0 bridgehead atoms. The van der Waals surface area contributed by atoms with E-state index < -0.39 is 0 Å². The number of amides is 1. The Labute approximate surface area is 158 Å². The lowest BCUT2D eigenvalue weighted by atomic mass is 10.1. The van der Waals surface area contributed by atoms with E-state index in [4.69, 9.17) is 4.74 Å². The van der Waals surface area contributed by atoms with Crippen molar-refractivity contribution < 1.29 is 14.6 Å². The molecule has 0 unspecified atom stereocenters. The number of ether oxygens (including phenoxy) is 1. The molecule has 1 aromatic carbocycles. The molecule has 1 aliphatic rings. The number of morpholine rings is 1. The predicted octanol–water partition coefficient (Wildman–Crippen LogP) is 3.00. The predicted molar refractivity (Wildman–Crippen MR) is 105 cm³/mol. The molecule has 2 aromatic rings. The maximum absolute atomic E-state index is 13.5. The Morgan fingerprint density at radius 3 is 2.73 bits per heavy atom. The normalized spacial score (nSPS) is 15.7. The van der Waals surface area contributed by atoms with Gasteiger partial charge < -0.3 is 19.6 Å². The Hall–Kier alpha value is -1.89. The number of carbonyl (C=O) groups excluding carboxylic acids is 1. The first-order valence-electron chi connectivity index (χ1n) is 9.09. The van der Waals surface area contributed by atoms with Crippen LogP contribution in [0.4, 0.5) is 5.69 Å². The minimum Gasteiger partial charge on any atom is -0.394 e. The van der Waals surface area contributed by atoms with Crippen LogP contribution < -0.4 is 4.90 Å². The number of anilines is 1. The third kappa shape index (κ3) is 4.26. The SMILES string of the molecule is CC[C@@H](CO)N(Cc1ccsc1)C(=O)c1ccccc1N1CCOCC1. The van der Waals surface area contributed by atoms with Crippen molar-refractivity contribution in [3.8, 4) is 0 Å². The molecule has 26 heavy (non-hydrogen) atoms. The Bertz CT molecular complexity index is 695. The molecule has 0 saturated carbocycles. The summed E-state index contributed by atoms with van der Waals surface area (Å²) in [7, 11) is 0. The van der Waals surface area contributed by atoms with Crippen LogP contribution in [0.3, 0.4) is 0 Å². The maximum Gasteiger partial charge on any atom is 0.256 e. The summed E-state index contributed by atoms with van der Waals surface area (Å²) in [6.45, 7) is 5.40. The molecule has 1 fully saturated rings. The van der Waals surface area contributed by atoms with Gasteiger partial charge in [-0.15, -0.1) is 0 Å². The number of aliphatic hydroxyl groups excluding tert-OH is 1. The van der Waals surface area contributed by atoms with Gasteiger partial charge in [-0.3, -0.25) is 4.79 Å². The van der Waals surface area contributed by atoms with Gasteiger partial charge >= 0.3 is 0 Å². The van der Waals surface area contributed by atoms with Crippen LogP contribution in [0.25, 0.3) is 0 Å². The average molecular weight is 375 g/mol. The molecule has 0 aliphatic carbocycles. The standard InChI is InChI=1S/C20H26N2O3S/c1-2-17(14-23)22(13-16-7-12-26-15-16)20(24)18-5-3-4-6-19(18)21-8-10-25-11-9-21/h3-7,12,15,17,23H,2,8-11,13-14H2,1H3/t17-/m0/s1. The summed E-state index contributed by atoms with van der Waals surface area (Å²) in [5, 5.41) is 13.9. The average Bonchev–Trinajstić information content (AvgIpc) is 3.21. The summed E-state index contributed by atoms with van der Waals surface area (Å²) in [5.41, 5.74) is 2.74. The number of benzene rings is 1. The van der Waals surface area contributed by atoms with E-state index in [1.165, 1.54) is 0 Å². The van der Waals surface area contributed by atoms with Gasteiger partial charge in [-0.25, -0.2) is 0 Å². The van der Waals surface area contributed by atoms with Crippen LogP contribution in [0.2, 0.25) is 0 Å². The third-order valence-electron chi connectivity index (χ3n) is 4.80. The number of nitrogens with zero attached hydrogens (tertiary/aromatic N) is 2. The highest BCUT2D eigenvalue weighted by Crippen LogP contribution is 2.25. The lowest BCUT2D eigenvalue weighted by Crippen LogP contribution is -2.43. The Morgan fingerprint density at radius 1 is 1.31 bits per heavy atom. The fourth-order valence-electron chi connectivity index (χ4n) is 3.28. The zero-order chi connectivity index (χ0) is 18.4. The first kappa shape index (κ1) is 18.9. The molecule has 1 saturated heterocycles. The van der Waals surface area contributed by atoms with E-state index in [1.807, 2.05) is 42.6 Å². The number of para-hydroxylation sites is 1. The lowest BCUT2D eigenvalue weighted by Gasteiger charge is -2.34. The number of thiophene rings is 1. The zero-order valence-electron chi connectivity index (χ0n) is 15.1. The smallest absolute Gasteiger partial charge is 0.256 e. The molecular weight excluding hydrogens is 348 g/mol. The number of carbonyl (C=O) groups is 1. The van der Waals surface area contributed by atoms with Crippen molar-refractivity contribution in [3.63, 3.8) is 0 Å². The first-order chi connectivity index (χ1) is 12.7. The van der Waals surface area contributed by atoms with Crippen LogP contribution in [0, 0.1) is 0 Å². The highest BCUT2D eigenvalue weighted by molar-refractivity contribution is 7.07. The Morgan fingerprint density at radius 2 is 2.08 bits per heavy atom. The molecule has 1 aliphatic heterocycles.